The summed E-state index contributed by atoms with van der Waals surface area (Å²) in [5.41, 5.74) is 1.65. The normalized spacial score (nSPS) is 20.5. The summed E-state index contributed by atoms with van der Waals surface area (Å²) in [5, 5.41) is 33.4. The van der Waals surface area contributed by atoms with Crippen molar-refractivity contribution >= 4 is 23.2 Å². The number of rotatable bonds is 11. The molecule has 3 atom stereocenters. The number of fused-ring (bicyclic) bond motifs is 1. The molecule has 0 radical (unpaired) electrons. The molecule has 3 aromatic rings. The van der Waals surface area contributed by atoms with E-state index in [0.29, 0.717) is 48.7 Å². The molecule has 10 heteroatoms. The van der Waals surface area contributed by atoms with E-state index in [1.807, 2.05) is 61.7 Å². The molecule has 2 aromatic carbocycles. The quantitative estimate of drug-likeness (QED) is 0.310. The van der Waals surface area contributed by atoms with E-state index in [9.17, 15) is 19.8 Å². The van der Waals surface area contributed by atoms with Crippen LogP contribution in [0.15, 0.2) is 79.5 Å². The Bertz CT molecular complexity index is 1440. The predicted molar refractivity (Wildman–Crippen MR) is 156 cm³/mol. The summed E-state index contributed by atoms with van der Waals surface area (Å²) < 4.78 is 1.73. The molecule has 10 nitrogen and oxygen atoms in total. The number of nitrogens with one attached hydrogen (secondary N) is 1. The van der Waals surface area contributed by atoms with Crippen LogP contribution in [-0.2, 0) is 21.7 Å². The van der Waals surface area contributed by atoms with Gasteiger partial charge >= 0.3 is 0 Å². The molecular weight excluding hydrogens is 520 g/mol. The minimum Gasteiger partial charge on any atom is -0.395 e. The number of allylic oxidation sites excluding steroid dienone is 1. The number of carbonyl (C=O) groups is 2. The molecule has 3 N–H and O–H groups in total. The number of benzene rings is 2. The maximum atomic E-state index is 13.6. The second-order valence-corrected chi connectivity index (χ2v) is 10.5. The Balaban J connectivity index is 1.31. The summed E-state index contributed by atoms with van der Waals surface area (Å²) in [6, 6.07) is 15.1. The highest BCUT2D eigenvalue weighted by Gasteiger charge is 2.52. The average molecular weight is 557 g/mol. The van der Waals surface area contributed by atoms with E-state index in [2.05, 4.69) is 22.2 Å². The van der Waals surface area contributed by atoms with Crippen LogP contribution in [0.4, 0.5) is 11.4 Å². The minimum absolute atomic E-state index is 0.0506. The van der Waals surface area contributed by atoms with Crippen molar-refractivity contribution in [3.8, 4) is 0 Å². The molecule has 0 saturated carbocycles. The van der Waals surface area contributed by atoms with E-state index in [1.165, 1.54) is 4.90 Å². The van der Waals surface area contributed by atoms with E-state index in [0.717, 1.165) is 5.56 Å². The number of hydrogen-bond acceptors (Lipinski definition) is 7. The average Bonchev–Trinajstić information content (AvgIpc) is 3.54. The fourth-order valence-corrected chi connectivity index (χ4v) is 5.58. The van der Waals surface area contributed by atoms with Gasteiger partial charge < -0.3 is 25.3 Å². The lowest BCUT2D eigenvalue weighted by Gasteiger charge is -2.30. The Morgan fingerprint density at radius 1 is 1.20 bits per heavy atom. The molecule has 1 aromatic heterocycles. The van der Waals surface area contributed by atoms with Gasteiger partial charge in [-0.05, 0) is 30.2 Å². The first-order chi connectivity index (χ1) is 19.9. The first-order valence-corrected chi connectivity index (χ1v) is 13.9. The third-order valence-corrected chi connectivity index (χ3v) is 7.87. The van der Waals surface area contributed by atoms with E-state index in [1.54, 1.807) is 27.8 Å². The Labute approximate surface area is 239 Å². The third kappa shape index (κ3) is 5.46. The van der Waals surface area contributed by atoms with Gasteiger partial charge in [0, 0.05) is 49.5 Å². The molecule has 1 unspecified atom stereocenters. The maximum absolute atomic E-state index is 13.6. The van der Waals surface area contributed by atoms with Gasteiger partial charge in [0.15, 0.2) is 5.60 Å². The molecule has 2 amide bonds. The second kappa shape index (κ2) is 12.2. The summed E-state index contributed by atoms with van der Waals surface area (Å²) in [6.45, 7) is 7.78. The number of anilines is 2. The largest absolute Gasteiger partial charge is 0.395 e. The van der Waals surface area contributed by atoms with Gasteiger partial charge in [0.1, 0.15) is 0 Å². The van der Waals surface area contributed by atoms with Gasteiger partial charge in [-0.3, -0.25) is 14.3 Å². The summed E-state index contributed by atoms with van der Waals surface area (Å²) in [5.74, 6) is -1.25. The van der Waals surface area contributed by atoms with Crippen molar-refractivity contribution in [1.82, 2.24) is 20.3 Å². The van der Waals surface area contributed by atoms with Crippen LogP contribution in [0.3, 0.4) is 0 Å². The Morgan fingerprint density at radius 3 is 2.73 bits per heavy atom. The van der Waals surface area contributed by atoms with Crippen molar-refractivity contribution in [3.05, 3.63) is 96.4 Å². The molecule has 3 heterocycles. The molecule has 0 bridgehead atoms. The van der Waals surface area contributed by atoms with Crippen LogP contribution in [0.2, 0.25) is 0 Å². The van der Waals surface area contributed by atoms with Crippen LogP contribution in [0.25, 0.3) is 0 Å². The van der Waals surface area contributed by atoms with Gasteiger partial charge in [-0.25, -0.2) is 0 Å². The Hall–Kier alpha value is -4.12. The van der Waals surface area contributed by atoms with Crippen molar-refractivity contribution < 1.29 is 19.8 Å². The molecule has 1 saturated heterocycles. The maximum Gasteiger partial charge on any atom is 0.264 e. The number of hydrogen-bond donors (Lipinski definition) is 3. The molecule has 41 heavy (non-hydrogen) atoms. The first-order valence-electron chi connectivity index (χ1n) is 13.9. The van der Waals surface area contributed by atoms with E-state index < -0.39 is 17.4 Å². The number of aliphatic hydroxyl groups is 2. The van der Waals surface area contributed by atoms with Crippen molar-refractivity contribution in [2.75, 3.05) is 42.6 Å². The van der Waals surface area contributed by atoms with Gasteiger partial charge in [0.25, 0.3) is 5.91 Å². The van der Waals surface area contributed by atoms with Gasteiger partial charge in [0.05, 0.1) is 30.5 Å². The summed E-state index contributed by atoms with van der Waals surface area (Å²) in [6.07, 6.45) is 7.84. The smallest absolute Gasteiger partial charge is 0.264 e. The molecule has 0 aliphatic carbocycles. The van der Waals surface area contributed by atoms with Gasteiger partial charge in [-0.1, -0.05) is 60.7 Å². The SMILES string of the molecule is C=CCN1C(=O)[C@](O)([C@H](C)/C=C/CCn2cc(C(CO)c3ccccc3)nn2)c2cc(N3CCNCC3=O)ccc21. The van der Waals surface area contributed by atoms with Crippen LogP contribution in [-0.4, -0.2) is 69.8 Å². The second-order valence-electron chi connectivity index (χ2n) is 10.5. The Morgan fingerprint density at radius 2 is 2.00 bits per heavy atom. The fraction of sp³-hybridized carbons (Fsp3) is 0.355. The fourth-order valence-electron chi connectivity index (χ4n) is 5.58. The molecule has 2 aliphatic heterocycles. The molecule has 2 aliphatic rings. The highest BCUT2D eigenvalue weighted by Crippen LogP contribution is 2.46. The monoisotopic (exact) mass is 556 g/mol. The minimum atomic E-state index is -1.79. The molecule has 1 fully saturated rings. The van der Waals surface area contributed by atoms with Gasteiger partial charge in [0.2, 0.25) is 5.91 Å². The first kappa shape index (κ1) is 28.4. The summed E-state index contributed by atoms with van der Waals surface area (Å²) in [4.78, 5) is 29.3. The van der Waals surface area contributed by atoms with E-state index in [-0.39, 0.29) is 31.5 Å². The summed E-state index contributed by atoms with van der Waals surface area (Å²) >= 11 is 0. The van der Waals surface area contributed by atoms with E-state index >= 15 is 0 Å². The number of aryl methyl sites for hydroxylation is 1. The lowest BCUT2D eigenvalue weighted by Crippen LogP contribution is -2.48. The van der Waals surface area contributed by atoms with Crippen LogP contribution in [0, 0.1) is 5.92 Å². The lowest BCUT2D eigenvalue weighted by molar-refractivity contribution is -0.139. The zero-order valence-corrected chi connectivity index (χ0v) is 23.2. The van der Waals surface area contributed by atoms with Crippen LogP contribution >= 0.6 is 0 Å². The standard InChI is InChI=1S/C31H36N6O4/c1-3-15-37-28-13-12-24(36-17-14-32-19-29(36)39)18-26(28)31(41,30(37)40)22(2)9-7-8-16-35-20-27(33-34-35)25(21-38)23-10-5-4-6-11-23/h3-7,9-13,18,20,22,25,32,38,41H,1,8,14-17,19,21H2,2H3/b9-7+/t22-,25?,31+/m1/s1. The van der Waals surface area contributed by atoms with Crippen molar-refractivity contribution in [2.24, 2.45) is 5.92 Å². The van der Waals surface area contributed by atoms with Crippen molar-refractivity contribution in [3.63, 3.8) is 0 Å². The van der Waals surface area contributed by atoms with Gasteiger partial charge in [-0.2, -0.15) is 0 Å². The van der Waals surface area contributed by atoms with E-state index in [4.69, 9.17) is 0 Å². The zero-order valence-electron chi connectivity index (χ0n) is 23.2. The van der Waals surface area contributed by atoms with Crippen molar-refractivity contribution in [2.45, 2.75) is 31.4 Å². The van der Waals surface area contributed by atoms with Gasteiger partial charge in [-0.15, -0.1) is 11.7 Å². The molecule has 214 valence electrons. The van der Waals surface area contributed by atoms with Crippen LogP contribution < -0.4 is 15.1 Å². The molecular formula is C31H36N6O4. The topological polar surface area (TPSA) is 124 Å². The number of aromatic nitrogens is 3. The Kier molecular flexibility index (Phi) is 8.44. The number of amides is 2. The highest BCUT2D eigenvalue weighted by atomic mass is 16.3. The molecule has 0 spiro atoms. The van der Waals surface area contributed by atoms with Crippen LogP contribution in [0.1, 0.15) is 36.1 Å². The highest BCUT2D eigenvalue weighted by molar-refractivity contribution is 6.08. The number of piperazine rings is 1. The molecule has 5 rings (SSSR count). The number of nitrogens with zero attached hydrogens (tertiary/aromatic N) is 5. The number of aliphatic hydroxyl groups excluding tert-OH is 1. The predicted octanol–water partition coefficient (Wildman–Crippen LogP) is 2.34. The third-order valence-electron chi connectivity index (χ3n) is 7.87. The lowest BCUT2D eigenvalue weighted by atomic mass is 9.82. The number of carbonyl (C=O) groups excluding carboxylic acids is 2. The van der Waals surface area contributed by atoms with Crippen molar-refractivity contribution in [1.29, 1.82) is 0 Å². The van der Waals surface area contributed by atoms with Crippen LogP contribution in [0.5, 0.6) is 0 Å². The summed E-state index contributed by atoms with van der Waals surface area (Å²) in [7, 11) is 0. The zero-order chi connectivity index (χ0) is 29.0.